The Kier molecular flexibility index (Phi) is 8.41. The van der Waals surface area contributed by atoms with Gasteiger partial charge in [-0.25, -0.2) is 0 Å². The Morgan fingerprint density at radius 2 is 2.15 bits per heavy atom. The maximum absolute atomic E-state index is 10.8. The number of likely N-dealkylation sites (N-methyl/N-ethyl adjacent to an activating group) is 1. The summed E-state index contributed by atoms with van der Waals surface area (Å²) in [6.07, 6.45) is 4.80. The van der Waals surface area contributed by atoms with Crippen LogP contribution in [-0.4, -0.2) is 73.6 Å². The molecule has 116 valence electrons. The molecule has 1 aliphatic heterocycles. The van der Waals surface area contributed by atoms with E-state index < -0.39 is 5.97 Å². The molecule has 0 aromatic carbocycles. The molecule has 6 heteroatoms. The number of carbonyl (C=O) groups is 2. The standard InChI is InChI=1S/C14H27N3O3/c1-16-7-4-13(5-10-18)3-2-6-15-12-17(9-8-16)11-14(19)20/h10,13,15H,2-9,11-12H2,1H3,(H,19,20). The van der Waals surface area contributed by atoms with Crippen molar-refractivity contribution in [1.29, 1.82) is 0 Å². The van der Waals surface area contributed by atoms with Crippen LogP contribution in [0.2, 0.25) is 0 Å². The number of carboxylic acids is 1. The zero-order valence-corrected chi connectivity index (χ0v) is 12.4. The highest BCUT2D eigenvalue weighted by Gasteiger charge is 2.14. The van der Waals surface area contributed by atoms with Gasteiger partial charge in [0.2, 0.25) is 0 Å². The van der Waals surface area contributed by atoms with Crippen molar-refractivity contribution in [3.63, 3.8) is 0 Å². The maximum Gasteiger partial charge on any atom is 0.317 e. The molecular formula is C14H27N3O3. The van der Waals surface area contributed by atoms with E-state index in [-0.39, 0.29) is 6.54 Å². The molecule has 1 saturated heterocycles. The van der Waals surface area contributed by atoms with Crippen LogP contribution in [0.25, 0.3) is 0 Å². The molecule has 1 rings (SSSR count). The summed E-state index contributed by atoms with van der Waals surface area (Å²) in [5, 5.41) is 12.2. The van der Waals surface area contributed by atoms with Crippen LogP contribution in [0.3, 0.4) is 0 Å². The van der Waals surface area contributed by atoms with Crippen LogP contribution >= 0.6 is 0 Å². The predicted molar refractivity (Wildman–Crippen MR) is 77.6 cm³/mol. The van der Waals surface area contributed by atoms with E-state index in [1.165, 1.54) is 0 Å². The van der Waals surface area contributed by atoms with E-state index in [9.17, 15) is 9.59 Å². The zero-order chi connectivity index (χ0) is 14.8. The molecule has 0 saturated carbocycles. The molecule has 2 N–H and O–H groups in total. The molecule has 0 aliphatic carbocycles. The summed E-state index contributed by atoms with van der Waals surface area (Å²) in [6.45, 7) is 4.12. The molecule has 1 atom stereocenters. The Labute approximate surface area is 121 Å². The van der Waals surface area contributed by atoms with Crippen molar-refractivity contribution in [2.45, 2.75) is 25.7 Å². The van der Waals surface area contributed by atoms with Gasteiger partial charge < -0.3 is 20.1 Å². The van der Waals surface area contributed by atoms with Crippen molar-refractivity contribution in [2.75, 3.05) is 46.4 Å². The van der Waals surface area contributed by atoms with Crippen LogP contribution in [0, 0.1) is 5.92 Å². The smallest absolute Gasteiger partial charge is 0.317 e. The van der Waals surface area contributed by atoms with Crippen molar-refractivity contribution in [2.24, 2.45) is 5.92 Å². The summed E-state index contributed by atoms with van der Waals surface area (Å²) in [5.41, 5.74) is 0. The van der Waals surface area contributed by atoms with Gasteiger partial charge in [0.25, 0.3) is 0 Å². The van der Waals surface area contributed by atoms with Gasteiger partial charge in [-0.15, -0.1) is 0 Å². The summed E-state index contributed by atoms with van der Waals surface area (Å²) in [6, 6.07) is 0. The third-order valence-electron chi connectivity index (χ3n) is 3.81. The van der Waals surface area contributed by atoms with E-state index in [1.807, 2.05) is 4.90 Å². The number of aldehydes is 1. The Bertz CT molecular complexity index is 299. The predicted octanol–water partition coefficient (Wildman–Crippen LogP) is 0.241. The molecule has 1 unspecified atom stereocenters. The largest absolute Gasteiger partial charge is 0.480 e. The third-order valence-corrected chi connectivity index (χ3v) is 3.81. The van der Waals surface area contributed by atoms with E-state index in [0.29, 0.717) is 19.0 Å². The second-order valence-corrected chi connectivity index (χ2v) is 5.61. The van der Waals surface area contributed by atoms with Gasteiger partial charge in [0.1, 0.15) is 6.29 Å². The van der Waals surface area contributed by atoms with E-state index in [4.69, 9.17) is 5.11 Å². The first-order valence-corrected chi connectivity index (χ1v) is 7.39. The summed E-state index contributed by atoms with van der Waals surface area (Å²) in [5.74, 6) is -0.307. The topological polar surface area (TPSA) is 72.9 Å². The van der Waals surface area contributed by atoms with Crippen molar-refractivity contribution >= 4 is 12.3 Å². The second kappa shape index (κ2) is 9.85. The lowest BCUT2D eigenvalue weighted by atomic mass is 9.96. The molecule has 0 aromatic rings. The average molecular weight is 285 g/mol. The first-order valence-electron chi connectivity index (χ1n) is 7.39. The summed E-state index contributed by atoms with van der Waals surface area (Å²) >= 11 is 0. The van der Waals surface area contributed by atoms with E-state index in [0.717, 1.165) is 51.7 Å². The molecule has 1 fully saturated rings. The molecule has 0 bridgehead atoms. The van der Waals surface area contributed by atoms with E-state index >= 15 is 0 Å². The number of carboxylic acid groups (broad SMARTS) is 1. The van der Waals surface area contributed by atoms with Gasteiger partial charge in [-0.05, 0) is 45.3 Å². The normalized spacial score (nSPS) is 24.6. The van der Waals surface area contributed by atoms with Gasteiger partial charge in [0.05, 0.1) is 6.54 Å². The fourth-order valence-electron chi connectivity index (χ4n) is 2.50. The van der Waals surface area contributed by atoms with Crippen LogP contribution < -0.4 is 5.32 Å². The minimum atomic E-state index is -0.785. The van der Waals surface area contributed by atoms with Crippen molar-refractivity contribution < 1.29 is 14.7 Å². The average Bonchev–Trinajstić information content (AvgIpc) is 2.39. The van der Waals surface area contributed by atoms with Gasteiger partial charge in [-0.3, -0.25) is 9.69 Å². The van der Waals surface area contributed by atoms with Gasteiger partial charge >= 0.3 is 5.97 Å². The van der Waals surface area contributed by atoms with Crippen LogP contribution in [-0.2, 0) is 9.59 Å². The Hall–Kier alpha value is -0.980. The quantitative estimate of drug-likeness (QED) is 0.721. The number of nitrogens with zero attached hydrogens (tertiary/aromatic N) is 2. The van der Waals surface area contributed by atoms with Gasteiger partial charge in [0, 0.05) is 26.2 Å². The first kappa shape index (κ1) is 17.1. The lowest BCUT2D eigenvalue weighted by molar-refractivity contribution is -0.138. The molecule has 0 radical (unpaired) electrons. The highest BCUT2D eigenvalue weighted by Crippen LogP contribution is 2.15. The van der Waals surface area contributed by atoms with Crippen molar-refractivity contribution in [3.8, 4) is 0 Å². The number of hydrogen-bond donors (Lipinski definition) is 2. The van der Waals surface area contributed by atoms with E-state index in [2.05, 4.69) is 17.3 Å². The fraction of sp³-hybridized carbons (Fsp3) is 0.857. The molecule has 20 heavy (non-hydrogen) atoms. The second-order valence-electron chi connectivity index (χ2n) is 5.61. The number of rotatable bonds is 4. The minimum absolute atomic E-state index is 0.0780. The third kappa shape index (κ3) is 7.57. The zero-order valence-electron chi connectivity index (χ0n) is 12.4. The Balaban J connectivity index is 2.46. The van der Waals surface area contributed by atoms with Gasteiger partial charge in [-0.1, -0.05) is 0 Å². The minimum Gasteiger partial charge on any atom is -0.480 e. The molecular weight excluding hydrogens is 258 g/mol. The number of nitrogens with one attached hydrogen (secondary N) is 1. The lowest BCUT2D eigenvalue weighted by Gasteiger charge is -2.27. The number of hydrogen-bond acceptors (Lipinski definition) is 5. The summed E-state index contributed by atoms with van der Waals surface area (Å²) in [4.78, 5) is 25.6. The maximum atomic E-state index is 10.8. The molecule has 1 heterocycles. The number of carbonyl (C=O) groups excluding carboxylic acids is 1. The lowest BCUT2D eigenvalue weighted by Crippen LogP contribution is -2.42. The first-order chi connectivity index (χ1) is 9.61. The molecule has 1 aliphatic rings. The highest BCUT2D eigenvalue weighted by atomic mass is 16.4. The summed E-state index contributed by atoms with van der Waals surface area (Å²) in [7, 11) is 2.05. The Morgan fingerprint density at radius 3 is 2.85 bits per heavy atom. The van der Waals surface area contributed by atoms with Crippen LogP contribution in [0.5, 0.6) is 0 Å². The Morgan fingerprint density at radius 1 is 1.35 bits per heavy atom. The van der Waals surface area contributed by atoms with Crippen LogP contribution in [0.4, 0.5) is 0 Å². The number of aliphatic carboxylic acids is 1. The van der Waals surface area contributed by atoms with E-state index in [1.54, 1.807) is 0 Å². The van der Waals surface area contributed by atoms with Crippen LogP contribution in [0.1, 0.15) is 25.7 Å². The fourth-order valence-corrected chi connectivity index (χ4v) is 2.50. The SMILES string of the molecule is CN1CCC(CC=O)CCCNCN(CC(=O)O)CC1. The summed E-state index contributed by atoms with van der Waals surface area (Å²) < 4.78 is 0. The van der Waals surface area contributed by atoms with Crippen molar-refractivity contribution in [1.82, 2.24) is 15.1 Å². The monoisotopic (exact) mass is 285 g/mol. The van der Waals surface area contributed by atoms with Crippen molar-refractivity contribution in [3.05, 3.63) is 0 Å². The molecule has 6 nitrogen and oxygen atoms in total. The molecule has 0 aromatic heterocycles. The molecule has 0 amide bonds. The van der Waals surface area contributed by atoms with Crippen LogP contribution in [0.15, 0.2) is 0 Å². The van der Waals surface area contributed by atoms with Gasteiger partial charge in [-0.2, -0.15) is 0 Å². The molecule has 0 spiro atoms. The highest BCUT2D eigenvalue weighted by molar-refractivity contribution is 5.69. The van der Waals surface area contributed by atoms with Gasteiger partial charge in [0.15, 0.2) is 0 Å².